The van der Waals surface area contributed by atoms with E-state index in [1.54, 1.807) is 0 Å². The van der Waals surface area contributed by atoms with Crippen LogP contribution in [0.3, 0.4) is 0 Å². The van der Waals surface area contributed by atoms with E-state index in [2.05, 4.69) is 24.3 Å². The smallest absolute Gasteiger partial charge is 0.305 e. The largest absolute Gasteiger partial charge is 0.469 e. The fraction of sp³-hybridized carbons (Fsp3) is 0.364. The molecule has 0 saturated heterocycles. The second-order valence-electron chi connectivity index (χ2n) is 6.86. The van der Waals surface area contributed by atoms with Gasteiger partial charge in [-0.15, -0.1) is 0 Å². The van der Waals surface area contributed by atoms with Crippen LogP contribution >= 0.6 is 0 Å². The standard InChI is InChI=1S/C22H24O3/c1-25-22(24)14-16-2-6-18(7-3-16)20-10-12-21(13-11-20)19-8-4-17(15-23)5-9-19/h4-5,8-13,15-16,18H,2-3,6-7,14H2,1H3. The number of esters is 1. The quantitative estimate of drug-likeness (QED) is 0.570. The predicted molar refractivity (Wildman–Crippen MR) is 98.6 cm³/mol. The Morgan fingerprint density at radius 2 is 1.52 bits per heavy atom. The first-order valence-corrected chi connectivity index (χ1v) is 8.92. The number of aldehydes is 1. The molecule has 0 spiro atoms. The molecule has 1 saturated carbocycles. The van der Waals surface area contributed by atoms with Crippen molar-refractivity contribution < 1.29 is 14.3 Å². The Labute approximate surface area is 149 Å². The number of hydrogen-bond donors (Lipinski definition) is 0. The van der Waals surface area contributed by atoms with E-state index in [4.69, 9.17) is 4.74 Å². The molecule has 1 fully saturated rings. The summed E-state index contributed by atoms with van der Waals surface area (Å²) in [5, 5.41) is 0. The summed E-state index contributed by atoms with van der Waals surface area (Å²) >= 11 is 0. The summed E-state index contributed by atoms with van der Waals surface area (Å²) in [4.78, 5) is 22.2. The third kappa shape index (κ3) is 4.36. The normalized spacial score (nSPS) is 20.0. The van der Waals surface area contributed by atoms with Crippen molar-refractivity contribution >= 4 is 12.3 Å². The summed E-state index contributed by atoms with van der Waals surface area (Å²) in [5.74, 6) is 0.966. The third-order valence-corrected chi connectivity index (χ3v) is 5.29. The highest BCUT2D eigenvalue weighted by molar-refractivity contribution is 5.77. The lowest BCUT2D eigenvalue weighted by Gasteiger charge is -2.28. The van der Waals surface area contributed by atoms with Crippen LogP contribution in [0.2, 0.25) is 0 Å². The van der Waals surface area contributed by atoms with Crippen molar-refractivity contribution in [1.29, 1.82) is 0 Å². The SMILES string of the molecule is COC(=O)CC1CCC(c2ccc(-c3ccc(C=O)cc3)cc2)CC1. The zero-order valence-electron chi connectivity index (χ0n) is 14.6. The fourth-order valence-electron chi connectivity index (χ4n) is 3.72. The van der Waals surface area contributed by atoms with E-state index in [1.807, 2.05) is 24.3 Å². The van der Waals surface area contributed by atoms with Crippen molar-refractivity contribution in [3.63, 3.8) is 0 Å². The average molecular weight is 336 g/mol. The molecule has 1 aliphatic rings. The highest BCUT2D eigenvalue weighted by atomic mass is 16.5. The van der Waals surface area contributed by atoms with Gasteiger partial charge in [-0.2, -0.15) is 0 Å². The molecule has 0 aliphatic heterocycles. The number of ether oxygens (including phenoxy) is 1. The molecule has 2 aromatic rings. The predicted octanol–water partition coefficient (Wildman–Crippen LogP) is 5.00. The van der Waals surface area contributed by atoms with Crippen molar-refractivity contribution in [3.05, 3.63) is 59.7 Å². The van der Waals surface area contributed by atoms with Crippen LogP contribution in [0.4, 0.5) is 0 Å². The van der Waals surface area contributed by atoms with Crippen molar-refractivity contribution in [2.24, 2.45) is 5.92 Å². The lowest BCUT2D eigenvalue weighted by molar-refractivity contribution is -0.142. The van der Waals surface area contributed by atoms with E-state index < -0.39 is 0 Å². The maximum atomic E-state index is 11.4. The van der Waals surface area contributed by atoms with E-state index in [0.29, 0.717) is 23.8 Å². The molecule has 130 valence electrons. The first-order chi connectivity index (χ1) is 12.2. The number of methoxy groups -OCH3 is 1. The monoisotopic (exact) mass is 336 g/mol. The lowest BCUT2D eigenvalue weighted by atomic mass is 9.77. The molecule has 1 aliphatic carbocycles. The number of rotatable bonds is 5. The minimum Gasteiger partial charge on any atom is -0.469 e. The molecule has 0 amide bonds. The Bertz CT molecular complexity index is 708. The van der Waals surface area contributed by atoms with Crippen molar-refractivity contribution in [3.8, 4) is 11.1 Å². The van der Waals surface area contributed by atoms with Crippen molar-refractivity contribution in [2.75, 3.05) is 7.11 Å². The van der Waals surface area contributed by atoms with Crippen LogP contribution in [0.1, 0.15) is 53.9 Å². The van der Waals surface area contributed by atoms with Gasteiger partial charge in [-0.3, -0.25) is 9.59 Å². The van der Waals surface area contributed by atoms with Crippen molar-refractivity contribution in [1.82, 2.24) is 0 Å². The summed E-state index contributed by atoms with van der Waals surface area (Å²) in [7, 11) is 1.46. The Kier molecular flexibility index (Phi) is 5.64. The molecule has 3 rings (SSSR count). The molecule has 0 unspecified atom stereocenters. The van der Waals surface area contributed by atoms with E-state index in [-0.39, 0.29) is 5.97 Å². The van der Waals surface area contributed by atoms with E-state index in [0.717, 1.165) is 37.5 Å². The molecule has 0 N–H and O–H groups in total. The van der Waals surface area contributed by atoms with Gasteiger partial charge in [0.25, 0.3) is 0 Å². The van der Waals surface area contributed by atoms with Crippen LogP contribution in [0.15, 0.2) is 48.5 Å². The van der Waals surface area contributed by atoms with Gasteiger partial charge in [0.1, 0.15) is 6.29 Å². The number of carbonyl (C=O) groups is 2. The molecule has 0 aromatic heterocycles. The lowest BCUT2D eigenvalue weighted by Crippen LogP contribution is -2.17. The highest BCUT2D eigenvalue weighted by Crippen LogP contribution is 2.37. The van der Waals surface area contributed by atoms with E-state index >= 15 is 0 Å². The Balaban J connectivity index is 1.61. The number of hydrogen-bond acceptors (Lipinski definition) is 3. The Morgan fingerprint density at radius 3 is 2.04 bits per heavy atom. The zero-order chi connectivity index (χ0) is 17.6. The van der Waals surface area contributed by atoms with Gasteiger partial charge in [0, 0.05) is 12.0 Å². The zero-order valence-corrected chi connectivity index (χ0v) is 14.6. The second-order valence-corrected chi connectivity index (χ2v) is 6.86. The van der Waals surface area contributed by atoms with E-state index in [9.17, 15) is 9.59 Å². The van der Waals surface area contributed by atoms with Crippen LogP contribution in [-0.4, -0.2) is 19.4 Å². The van der Waals surface area contributed by atoms with Gasteiger partial charge < -0.3 is 4.74 Å². The van der Waals surface area contributed by atoms with Crippen LogP contribution in [0.5, 0.6) is 0 Å². The summed E-state index contributed by atoms with van der Waals surface area (Å²) in [5.41, 5.74) is 4.37. The molecule has 0 bridgehead atoms. The summed E-state index contributed by atoms with van der Waals surface area (Å²) in [6.45, 7) is 0. The highest BCUT2D eigenvalue weighted by Gasteiger charge is 2.24. The number of benzene rings is 2. The van der Waals surface area contributed by atoms with Crippen LogP contribution in [0, 0.1) is 5.92 Å². The van der Waals surface area contributed by atoms with Gasteiger partial charge in [-0.1, -0.05) is 48.5 Å². The van der Waals surface area contributed by atoms with Gasteiger partial charge in [-0.25, -0.2) is 0 Å². The maximum Gasteiger partial charge on any atom is 0.305 e. The molecule has 3 heteroatoms. The van der Waals surface area contributed by atoms with Gasteiger partial charge in [-0.05, 0) is 54.2 Å². The molecule has 0 atom stereocenters. The van der Waals surface area contributed by atoms with Gasteiger partial charge >= 0.3 is 5.97 Å². The van der Waals surface area contributed by atoms with Crippen LogP contribution in [0.25, 0.3) is 11.1 Å². The van der Waals surface area contributed by atoms with E-state index in [1.165, 1.54) is 18.2 Å². The minimum absolute atomic E-state index is 0.0894. The number of carbonyl (C=O) groups excluding carboxylic acids is 2. The molecule has 25 heavy (non-hydrogen) atoms. The molecular formula is C22H24O3. The van der Waals surface area contributed by atoms with Gasteiger partial charge in [0.05, 0.1) is 7.11 Å². The topological polar surface area (TPSA) is 43.4 Å². The van der Waals surface area contributed by atoms with Crippen LogP contribution < -0.4 is 0 Å². The second kappa shape index (κ2) is 8.11. The summed E-state index contributed by atoms with van der Waals surface area (Å²) in [6, 6.07) is 16.4. The molecule has 0 radical (unpaired) electrons. The maximum absolute atomic E-state index is 11.4. The van der Waals surface area contributed by atoms with Crippen molar-refractivity contribution in [2.45, 2.75) is 38.0 Å². The fourth-order valence-corrected chi connectivity index (χ4v) is 3.72. The Hall–Kier alpha value is -2.42. The minimum atomic E-state index is -0.0894. The van der Waals surface area contributed by atoms with Gasteiger partial charge in [0.15, 0.2) is 0 Å². The van der Waals surface area contributed by atoms with Gasteiger partial charge in [0.2, 0.25) is 0 Å². The molecule has 2 aromatic carbocycles. The Morgan fingerprint density at radius 1 is 0.960 bits per heavy atom. The first-order valence-electron chi connectivity index (χ1n) is 8.92. The molecular weight excluding hydrogens is 312 g/mol. The molecule has 3 nitrogen and oxygen atoms in total. The summed E-state index contributed by atoms with van der Waals surface area (Å²) < 4.78 is 4.78. The first kappa shape index (κ1) is 17.4. The average Bonchev–Trinajstić information content (AvgIpc) is 2.69. The molecule has 0 heterocycles. The summed E-state index contributed by atoms with van der Waals surface area (Å²) in [6.07, 6.45) is 5.87. The van der Waals surface area contributed by atoms with Crippen LogP contribution in [-0.2, 0) is 9.53 Å². The third-order valence-electron chi connectivity index (χ3n) is 5.29.